The van der Waals surface area contributed by atoms with Crippen molar-refractivity contribution < 1.29 is 14.5 Å². The lowest BCUT2D eigenvalue weighted by Crippen LogP contribution is -2.39. The van der Waals surface area contributed by atoms with Crippen LogP contribution in [0.5, 0.6) is 0 Å². The van der Waals surface area contributed by atoms with E-state index in [-0.39, 0.29) is 23.4 Å². The maximum Gasteiger partial charge on any atom is 0.277 e. The van der Waals surface area contributed by atoms with Crippen molar-refractivity contribution in [2.75, 3.05) is 5.73 Å². The van der Waals surface area contributed by atoms with Gasteiger partial charge in [0, 0.05) is 28.3 Å². The maximum atomic E-state index is 12.9. The monoisotopic (exact) mass is 347 g/mol. The molecule has 0 spiro atoms. The summed E-state index contributed by atoms with van der Waals surface area (Å²) in [5.74, 6) is -0.934. The summed E-state index contributed by atoms with van der Waals surface area (Å²) < 4.78 is 0. The molecule has 7 heteroatoms. The summed E-state index contributed by atoms with van der Waals surface area (Å²) in [6.07, 6.45) is 0. The summed E-state index contributed by atoms with van der Waals surface area (Å²) in [6, 6.07) is 14.3. The quantitative estimate of drug-likeness (QED) is 0.339. The second kappa shape index (κ2) is 5.66. The molecule has 0 fully saturated rings. The molecular weight excluding hydrogens is 334 g/mol. The number of benzene rings is 3. The molecule has 3 aromatic carbocycles. The van der Waals surface area contributed by atoms with Crippen molar-refractivity contribution in [1.29, 1.82) is 0 Å². The fourth-order valence-electron chi connectivity index (χ4n) is 3.24. The third-order valence-corrected chi connectivity index (χ3v) is 4.49. The first-order chi connectivity index (χ1) is 12.5. The van der Waals surface area contributed by atoms with Crippen LogP contribution in [0, 0.1) is 10.1 Å². The number of nitrogens with two attached hydrogens (primary N) is 1. The molecule has 0 saturated carbocycles. The van der Waals surface area contributed by atoms with Crippen molar-refractivity contribution in [2.24, 2.45) is 0 Å². The van der Waals surface area contributed by atoms with Crippen molar-refractivity contribution in [3.05, 3.63) is 81.4 Å². The normalized spacial score (nSPS) is 13.3. The van der Waals surface area contributed by atoms with Gasteiger partial charge in [0.2, 0.25) is 0 Å². The highest BCUT2D eigenvalue weighted by molar-refractivity contribution is 6.26. The lowest BCUT2D eigenvalue weighted by Gasteiger charge is -2.27. The lowest BCUT2D eigenvalue weighted by atomic mass is 9.93. The number of carbonyl (C=O) groups excluding carboxylic acids is 2. The molecule has 0 bridgehead atoms. The van der Waals surface area contributed by atoms with Gasteiger partial charge in [0.1, 0.15) is 0 Å². The molecule has 1 aliphatic heterocycles. The number of hydrogen-bond acceptors (Lipinski definition) is 5. The molecule has 1 heterocycles. The zero-order valence-electron chi connectivity index (χ0n) is 13.5. The fourth-order valence-corrected chi connectivity index (χ4v) is 3.24. The molecule has 2 N–H and O–H groups in total. The molecule has 3 aromatic rings. The molecule has 7 nitrogen and oxygen atoms in total. The lowest BCUT2D eigenvalue weighted by molar-refractivity contribution is -0.383. The van der Waals surface area contributed by atoms with Crippen LogP contribution >= 0.6 is 0 Å². The largest absolute Gasteiger partial charge is 0.399 e. The number of amides is 2. The number of carbonyl (C=O) groups is 2. The van der Waals surface area contributed by atoms with Gasteiger partial charge >= 0.3 is 0 Å². The van der Waals surface area contributed by atoms with Crippen LogP contribution in [0.3, 0.4) is 0 Å². The van der Waals surface area contributed by atoms with E-state index >= 15 is 0 Å². The number of nitro groups is 1. The average molecular weight is 347 g/mol. The minimum absolute atomic E-state index is 0.102. The van der Waals surface area contributed by atoms with Crippen molar-refractivity contribution in [1.82, 2.24) is 4.90 Å². The third kappa shape index (κ3) is 2.29. The molecule has 0 unspecified atom stereocenters. The Bertz CT molecular complexity index is 1070. The van der Waals surface area contributed by atoms with E-state index in [1.807, 2.05) is 0 Å². The van der Waals surface area contributed by atoms with Gasteiger partial charge in [-0.3, -0.25) is 24.6 Å². The second-order valence-electron chi connectivity index (χ2n) is 6.06. The van der Waals surface area contributed by atoms with Crippen LogP contribution in [-0.4, -0.2) is 21.6 Å². The molecule has 26 heavy (non-hydrogen) atoms. The van der Waals surface area contributed by atoms with Crippen LogP contribution in [-0.2, 0) is 6.54 Å². The molecule has 1 aliphatic rings. The highest BCUT2D eigenvalue weighted by Gasteiger charge is 2.34. The SMILES string of the molecule is Nc1ccc(CN2C(=O)c3cccc4c([N+](=O)[O-])ccc(c34)C2=O)cc1. The predicted octanol–water partition coefficient (Wildman–Crippen LogP) is 3.13. The summed E-state index contributed by atoms with van der Waals surface area (Å²) in [4.78, 5) is 37.6. The van der Waals surface area contributed by atoms with E-state index in [0.717, 1.165) is 10.5 Å². The van der Waals surface area contributed by atoms with Gasteiger partial charge in [0.25, 0.3) is 17.5 Å². The van der Waals surface area contributed by atoms with E-state index < -0.39 is 16.7 Å². The molecule has 4 rings (SSSR count). The third-order valence-electron chi connectivity index (χ3n) is 4.49. The maximum absolute atomic E-state index is 12.9. The van der Waals surface area contributed by atoms with Crippen LogP contribution in [0.2, 0.25) is 0 Å². The van der Waals surface area contributed by atoms with E-state index in [0.29, 0.717) is 16.5 Å². The Morgan fingerprint density at radius 3 is 2.23 bits per heavy atom. The van der Waals surface area contributed by atoms with Crippen LogP contribution in [0.25, 0.3) is 10.8 Å². The zero-order chi connectivity index (χ0) is 18.4. The predicted molar refractivity (Wildman–Crippen MR) is 95.7 cm³/mol. The number of hydrogen-bond donors (Lipinski definition) is 1. The van der Waals surface area contributed by atoms with Crippen LogP contribution < -0.4 is 5.73 Å². The van der Waals surface area contributed by atoms with Gasteiger partial charge in [-0.05, 0) is 35.9 Å². The fraction of sp³-hybridized carbons (Fsp3) is 0.0526. The van der Waals surface area contributed by atoms with E-state index in [1.54, 1.807) is 42.5 Å². The summed E-state index contributed by atoms with van der Waals surface area (Å²) >= 11 is 0. The van der Waals surface area contributed by atoms with Gasteiger partial charge in [-0.1, -0.05) is 18.2 Å². The van der Waals surface area contributed by atoms with Gasteiger partial charge in [-0.15, -0.1) is 0 Å². The van der Waals surface area contributed by atoms with E-state index in [4.69, 9.17) is 5.73 Å². The van der Waals surface area contributed by atoms with Gasteiger partial charge in [-0.25, -0.2) is 0 Å². The number of nitro benzene ring substituents is 1. The highest BCUT2D eigenvalue weighted by atomic mass is 16.6. The number of nitrogens with zero attached hydrogens (tertiary/aromatic N) is 2. The molecule has 0 aliphatic carbocycles. The van der Waals surface area contributed by atoms with Crippen LogP contribution in [0.15, 0.2) is 54.6 Å². The van der Waals surface area contributed by atoms with Gasteiger partial charge in [0.05, 0.1) is 16.9 Å². The minimum Gasteiger partial charge on any atom is -0.399 e. The summed E-state index contributed by atoms with van der Waals surface area (Å²) in [5.41, 5.74) is 7.47. The Hall–Kier alpha value is -3.74. The summed E-state index contributed by atoms with van der Waals surface area (Å²) in [7, 11) is 0. The average Bonchev–Trinajstić information content (AvgIpc) is 2.64. The first kappa shape index (κ1) is 15.8. The minimum atomic E-state index is -0.515. The number of nitrogen functional groups attached to an aromatic ring is 1. The first-order valence-electron chi connectivity index (χ1n) is 7.88. The Balaban J connectivity index is 1.85. The number of non-ortho nitro benzene ring substituents is 1. The Labute approximate surface area is 147 Å². The summed E-state index contributed by atoms with van der Waals surface area (Å²) in [5, 5.41) is 11.9. The Morgan fingerprint density at radius 1 is 0.923 bits per heavy atom. The molecule has 0 radical (unpaired) electrons. The van der Waals surface area contributed by atoms with E-state index in [9.17, 15) is 19.7 Å². The smallest absolute Gasteiger partial charge is 0.277 e. The van der Waals surface area contributed by atoms with Crippen molar-refractivity contribution in [2.45, 2.75) is 6.54 Å². The molecular formula is C19H13N3O4. The van der Waals surface area contributed by atoms with Gasteiger partial charge in [0.15, 0.2) is 0 Å². The van der Waals surface area contributed by atoms with Crippen molar-refractivity contribution in [3.8, 4) is 0 Å². The molecule has 0 saturated heterocycles. The topological polar surface area (TPSA) is 107 Å². The first-order valence-corrected chi connectivity index (χ1v) is 7.88. The second-order valence-corrected chi connectivity index (χ2v) is 6.06. The Kier molecular flexibility index (Phi) is 3.43. The highest BCUT2D eigenvalue weighted by Crippen LogP contribution is 2.35. The van der Waals surface area contributed by atoms with Crippen molar-refractivity contribution >= 4 is 34.0 Å². The molecule has 0 atom stereocenters. The summed E-state index contributed by atoms with van der Waals surface area (Å²) in [6.45, 7) is 0.102. The van der Waals surface area contributed by atoms with Gasteiger partial charge < -0.3 is 5.73 Å². The zero-order valence-corrected chi connectivity index (χ0v) is 13.5. The van der Waals surface area contributed by atoms with E-state index in [2.05, 4.69) is 0 Å². The molecule has 0 aromatic heterocycles. The van der Waals surface area contributed by atoms with E-state index in [1.165, 1.54) is 12.1 Å². The number of anilines is 1. The standard InChI is InChI=1S/C19H13N3O4/c20-12-6-4-11(5-7-12)10-21-18(23)14-3-1-2-13-16(22(25)26)9-8-15(17(13)14)19(21)24/h1-9H,10,20H2. The number of imide groups is 1. The van der Waals surface area contributed by atoms with Crippen LogP contribution in [0.4, 0.5) is 11.4 Å². The van der Waals surface area contributed by atoms with Crippen LogP contribution in [0.1, 0.15) is 26.3 Å². The van der Waals surface area contributed by atoms with Gasteiger partial charge in [-0.2, -0.15) is 0 Å². The molecule has 128 valence electrons. The van der Waals surface area contributed by atoms with Crippen molar-refractivity contribution in [3.63, 3.8) is 0 Å². The molecule has 2 amide bonds. The number of rotatable bonds is 3. The Morgan fingerprint density at radius 2 is 1.58 bits per heavy atom.